The quantitative estimate of drug-likeness (QED) is 0.150. The molecule has 10 heteroatoms. The molecular weight excluding hydrogens is 634 g/mol. The zero-order chi connectivity index (χ0) is 34.0. The molecule has 1 N–H and O–H groups in total. The average molecular weight is 676 g/mol. The largest absolute Gasteiger partial charge is 0.492 e. The number of hydrogen-bond donors (Lipinski definition) is 1. The van der Waals surface area contributed by atoms with E-state index in [0.717, 1.165) is 15.4 Å². The number of rotatable bonds is 15. The summed E-state index contributed by atoms with van der Waals surface area (Å²) in [5.74, 6) is -0.607. The predicted octanol–water partition coefficient (Wildman–Crippen LogP) is 6.80. The van der Waals surface area contributed by atoms with Crippen LogP contribution in [-0.2, 0) is 32.6 Å². The zero-order valence-electron chi connectivity index (χ0n) is 27.2. The van der Waals surface area contributed by atoms with Gasteiger partial charge in [0.1, 0.15) is 18.3 Å². The van der Waals surface area contributed by atoms with Gasteiger partial charge in [-0.1, -0.05) is 96.9 Å². The molecule has 0 aliphatic heterocycles. The molecule has 47 heavy (non-hydrogen) atoms. The van der Waals surface area contributed by atoms with Crippen LogP contribution in [0.25, 0.3) is 0 Å². The number of ether oxygens (including phenoxy) is 1. The fourth-order valence-electron chi connectivity index (χ4n) is 5.10. The van der Waals surface area contributed by atoms with Gasteiger partial charge in [-0.2, -0.15) is 0 Å². The molecular formula is C37H42ClN3O5S. The molecule has 0 fully saturated rings. The number of amides is 2. The van der Waals surface area contributed by atoms with Crippen LogP contribution < -0.4 is 14.4 Å². The summed E-state index contributed by atoms with van der Waals surface area (Å²) >= 11 is 6.59. The number of hydrogen-bond acceptors (Lipinski definition) is 5. The van der Waals surface area contributed by atoms with Gasteiger partial charge in [0, 0.05) is 24.0 Å². The summed E-state index contributed by atoms with van der Waals surface area (Å²) in [6, 6.07) is 28.6. The van der Waals surface area contributed by atoms with Gasteiger partial charge in [0.25, 0.3) is 10.0 Å². The van der Waals surface area contributed by atoms with Crippen molar-refractivity contribution >= 4 is 39.1 Å². The van der Waals surface area contributed by atoms with Gasteiger partial charge in [-0.05, 0) is 68.7 Å². The predicted molar refractivity (Wildman–Crippen MR) is 187 cm³/mol. The summed E-state index contributed by atoms with van der Waals surface area (Å²) < 4.78 is 35.6. The van der Waals surface area contributed by atoms with Crippen LogP contribution in [0.5, 0.6) is 5.75 Å². The first kappa shape index (κ1) is 35.5. The second-order valence-corrected chi connectivity index (χ2v) is 13.6. The van der Waals surface area contributed by atoms with Crippen LogP contribution in [0.4, 0.5) is 5.69 Å². The molecule has 2 atom stereocenters. The van der Waals surface area contributed by atoms with Gasteiger partial charge in [0.2, 0.25) is 11.8 Å². The molecule has 0 aliphatic rings. The van der Waals surface area contributed by atoms with Crippen molar-refractivity contribution in [1.82, 2.24) is 10.2 Å². The van der Waals surface area contributed by atoms with Gasteiger partial charge in [-0.25, -0.2) is 8.42 Å². The Hall–Kier alpha value is -4.34. The van der Waals surface area contributed by atoms with Gasteiger partial charge in [0.15, 0.2) is 0 Å². The van der Waals surface area contributed by atoms with Crippen molar-refractivity contribution in [2.75, 3.05) is 17.5 Å². The maximum absolute atomic E-state index is 14.7. The van der Waals surface area contributed by atoms with Crippen molar-refractivity contribution in [2.45, 2.75) is 64.1 Å². The Balaban J connectivity index is 1.85. The first-order valence-electron chi connectivity index (χ1n) is 15.7. The molecule has 0 aliphatic carbocycles. The molecule has 2 amide bonds. The van der Waals surface area contributed by atoms with Crippen LogP contribution in [0.3, 0.4) is 0 Å². The highest BCUT2D eigenvalue weighted by Gasteiger charge is 2.36. The molecule has 8 nitrogen and oxygen atoms in total. The third kappa shape index (κ3) is 9.14. The average Bonchev–Trinajstić information content (AvgIpc) is 3.07. The summed E-state index contributed by atoms with van der Waals surface area (Å²) in [6.07, 6.45) is 0.901. The minimum Gasteiger partial charge on any atom is -0.492 e. The lowest BCUT2D eigenvalue weighted by Gasteiger charge is -2.34. The summed E-state index contributed by atoms with van der Waals surface area (Å²) in [5.41, 5.74) is 2.58. The van der Waals surface area contributed by atoms with E-state index in [1.54, 1.807) is 61.5 Å². The number of halogens is 1. The molecule has 0 radical (unpaired) electrons. The van der Waals surface area contributed by atoms with E-state index in [2.05, 4.69) is 5.32 Å². The molecule has 0 saturated heterocycles. The third-order valence-corrected chi connectivity index (χ3v) is 10.0. The standard InChI is InChI=1S/C37H42ClN3O5S/c1-5-28(4)39-37(43)34(24-29-14-8-7-9-15-29)40(25-30-16-10-11-17-32(30)38)36(42)26-41(33-18-12-13-19-35(33)46-6-2)47(44,45)31-22-20-27(3)21-23-31/h7-23,28,34H,5-6,24-26H2,1-4H3,(H,39,43)/t28-,34-/m1/s1. The summed E-state index contributed by atoms with van der Waals surface area (Å²) in [4.78, 5) is 30.1. The van der Waals surface area contributed by atoms with E-state index in [1.807, 2.05) is 57.2 Å². The number of aryl methyl sites for hydroxylation is 1. The second-order valence-electron chi connectivity index (χ2n) is 11.4. The molecule has 248 valence electrons. The van der Waals surface area contributed by atoms with Crippen molar-refractivity contribution in [1.29, 1.82) is 0 Å². The Morgan fingerprint density at radius 3 is 2.17 bits per heavy atom. The number of benzene rings is 4. The maximum Gasteiger partial charge on any atom is 0.264 e. The highest BCUT2D eigenvalue weighted by Crippen LogP contribution is 2.33. The van der Waals surface area contributed by atoms with Crippen molar-refractivity contribution in [3.05, 3.63) is 125 Å². The third-order valence-electron chi connectivity index (χ3n) is 7.89. The number of para-hydroxylation sites is 2. The SMILES string of the molecule is CCOc1ccccc1N(CC(=O)N(Cc1ccccc1Cl)[C@H](Cc1ccccc1)C(=O)N[C@H](C)CC)S(=O)(=O)c1ccc(C)cc1. The Kier molecular flexibility index (Phi) is 12.4. The Morgan fingerprint density at radius 1 is 0.872 bits per heavy atom. The molecule has 4 aromatic carbocycles. The topological polar surface area (TPSA) is 96.0 Å². The number of carbonyl (C=O) groups excluding carboxylic acids is 2. The Morgan fingerprint density at radius 2 is 1.51 bits per heavy atom. The van der Waals surface area contributed by atoms with Crippen molar-refractivity contribution in [3.63, 3.8) is 0 Å². The van der Waals surface area contributed by atoms with Crippen LogP contribution in [-0.4, -0.2) is 50.4 Å². The van der Waals surface area contributed by atoms with Crippen LogP contribution >= 0.6 is 11.6 Å². The van der Waals surface area contributed by atoms with Gasteiger partial charge in [0.05, 0.1) is 17.2 Å². The minimum atomic E-state index is -4.27. The van der Waals surface area contributed by atoms with E-state index in [0.29, 0.717) is 22.8 Å². The van der Waals surface area contributed by atoms with Crippen molar-refractivity contribution in [2.24, 2.45) is 0 Å². The van der Waals surface area contributed by atoms with Gasteiger partial charge in [-0.15, -0.1) is 0 Å². The summed E-state index contributed by atoms with van der Waals surface area (Å²) in [5, 5.41) is 3.47. The monoisotopic (exact) mass is 675 g/mol. The molecule has 0 unspecified atom stereocenters. The number of carbonyl (C=O) groups is 2. The molecule has 0 heterocycles. The van der Waals surface area contributed by atoms with E-state index in [4.69, 9.17) is 16.3 Å². The second kappa shape index (κ2) is 16.5. The number of nitrogens with one attached hydrogen (secondary N) is 1. The molecule has 4 aromatic rings. The van der Waals surface area contributed by atoms with Crippen LogP contribution in [0.1, 0.15) is 43.9 Å². The highest BCUT2D eigenvalue weighted by molar-refractivity contribution is 7.92. The lowest BCUT2D eigenvalue weighted by atomic mass is 10.0. The Bertz CT molecular complexity index is 1750. The maximum atomic E-state index is 14.7. The number of sulfonamides is 1. The van der Waals surface area contributed by atoms with Gasteiger partial charge < -0.3 is 15.0 Å². The Labute approximate surface area is 283 Å². The lowest BCUT2D eigenvalue weighted by molar-refractivity contribution is -0.140. The van der Waals surface area contributed by atoms with Gasteiger partial charge in [-0.3, -0.25) is 13.9 Å². The zero-order valence-corrected chi connectivity index (χ0v) is 28.8. The lowest BCUT2D eigenvalue weighted by Crippen LogP contribution is -2.54. The van der Waals surface area contributed by atoms with Gasteiger partial charge >= 0.3 is 0 Å². The van der Waals surface area contributed by atoms with Crippen molar-refractivity contribution < 1.29 is 22.7 Å². The van der Waals surface area contributed by atoms with Crippen LogP contribution in [0.15, 0.2) is 108 Å². The number of nitrogens with zero attached hydrogens (tertiary/aromatic N) is 2. The van der Waals surface area contributed by atoms with E-state index in [9.17, 15) is 18.0 Å². The van der Waals surface area contributed by atoms with E-state index in [1.165, 1.54) is 17.0 Å². The first-order valence-corrected chi connectivity index (χ1v) is 17.5. The van der Waals surface area contributed by atoms with E-state index >= 15 is 0 Å². The molecule has 0 spiro atoms. The highest BCUT2D eigenvalue weighted by atomic mass is 35.5. The van der Waals surface area contributed by atoms with Crippen LogP contribution in [0, 0.1) is 6.92 Å². The molecule has 0 saturated carbocycles. The smallest absolute Gasteiger partial charge is 0.264 e. The van der Waals surface area contributed by atoms with E-state index < -0.39 is 28.5 Å². The fraction of sp³-hybridized carbons (Fsp3) is 0.297. The van der Waals surface area contributed by atoms with Crippen LogP contribution in [0.2, 0.25) is 5.02 Å². The number of anilines is 1. The molecule has 0 aromatic heterocycles. The van der Waals surface area contributed by atoms with Crippen molar-refractivity contribution in [3.8, 4) is 5.75 Å². The summed E-state index contributed by atoms with van der Waals surface area (Å²) in [7, 11) is -4.27. The molecule has 0 bridgehead atoms. The minimum absolute atomic E-state index is 0.0184. The normalized spacial score (nSPS) is 12.5. The first-order chi connectivity index (χ1) is 22.5. The molecule has 4 rings (SSSR count). The summed E-state index contributed by atoms with van der Waals surface area (Å²) in [6.45, 7) is 7.22. The van der Waals surface area contributed by atoms with E-state index in [-0.39, 0.29) is 42.1 Å². The fourth-order valence-corrected chi connectivity index (χ4v) is 6.72.